The van der Waals surface area contributed by atoms with E-state index in [4.69, 9.17) is 23.2 Å². The molecule has 1 heterocycles. The lowest BCUT2D eigenvalue weighted by Crippen LogP contribution is -2.03. The zero-order valence-electron chi connectivity index (χ0n) is 7.94. The van der Waals surface area contributed by atoms with Crippen LogP contribution in [0.1, 0.15) is 15.2 Å². The number of carbonyl (C=O) groups is 1. The van der Waals surface area contributed by atoms with Crippen LogP contribution in [-0.2, 0) is 6.18 Å². The van der Waals surface area contributed by atoms with Crippen LogP contribution < -0.4 is 0 Å². The molecule has 0 unspecified atom stereocenters. The van der Waals surface area contributed by atoms with E-state index in [9.17, 15) is 18.0 Å². The van der Waals surface area contributed by atoms with E-state index in [0.29, 0.717) is 5.39 Å². The molecule has 1 aromatic heterocycles. The molecule has 2 aromatic rings. The standard InChI is InChI=1S/C10H3Cl2F3OS/c11-7-5-2-1-4(10(13,14)15)3-6(5)17-8(7)9(12)16/h1-3H. The summed E-state index contributed by atoms with van der Waals surface area (Å²) in [5, 5.41) is -0.280. The Kier molecular flexibility index (Phi) is 3.10. The summed E-state index contributed by atoms with van der Waals surface area (Å²) in [6, 6.07) is 3.11. The Labute approximate surface area is 108 Å². The monoisotopic (exact) mass is 298 g/mol. The van der Waals surface area contributed by atoms with Crippen molar-refractivity contribution in [3.63, 3.8) is 0 Å². The van der Waals surface area contributed by atoms with Crippen molar-refractivity contribution in [2.24, 2.45) is 0 Å². The van der Waals surface area contributed by atoms with Gasteiger partial charge in [0.25, 0.3) is 5.24 Å². The number of hydrogen-bond donors (Lipinski definition) is 0. The first-order valence-electron chi connectivity index (χ1n) is 4.30. The molecule has 0 fully saturated rings. The van der Waals surface area contributed by atoms with E-state index >= 15 is 0 Å². The van der Waals surface area contributed by atoms with Crippen molar-refractivity contribution in [3.05, 3.63) is 33.7 Å². The SMILES string of the molecule is O=C(Cl)c1sc2cc(C(F)(F)F)ccc2c1Cl. The third kappa shape index (κ3) is 2.27. The minimum Gasteiger partial charge on any atom is -0.275 e. The van der Waals surface area contributed by atoms with Crippen LogP contribution in [0, 0.1) is 0 Å². The van der Waals surface area contributed by atoms with Gasteiger partial charge in [-0.2, -0.15) is 13.2 Å². The van der Waals surface area contributed by atoms with Gasteiger partial charge in [0.05, 0.1) is 10.6 Å². The summed E-state index contributed by atoms with van der Waals surface area (Å²) in [7, 11) is 0. The van der Waals surface area contributed by atoms with E-state index in [1.54, 1.807) is 0 Å². The van der Waals surface area contributed by atoms with Gasteiger partial charge in [-0.1, -0.05) is 17.7 Å². The molecule has 0 aliphatic heterocycles. The van der Waals surface area contributed by atoms with Crippen molar-refractivity contribution in [2.75, 3.05) is 0 Å². The van der Waals surface area contributed by atoms with Crippen LogP contribution in [0.25, 0.3) is 10.1 Å². The third-order valence-corrected chi connectivity index (χ3v) is 4.09. The first kappa shape index (κ1) is 12.7. The van der Waals surface area contributed by atoms with Crippen LogP contribution in [-0.4, -0.2) is 5.24 Å². The predicted molar refractivity (Wildman–Crippen MR) is 62.0 cm³/mol. The van der Waals surface area contributed by atoms with Gasteiger partial charge >= 0.3 is 6.18 Å². The summed E-state index contributed by atoms with van der Waals surface area (Å²) in [4.78, 5) is 11.0. The first-order chi connectivity index (χ1) is 7.80. The Morgan fingerprint density at radius 2 is 1.94 bits per heavy atom. The van der Waals surface area contributed by atoms with Gasteiger partial charge in [0.2, 0.25) is 0 Å². The van der Waals surface area contributed by atoms with Crippen molar-refractivity contribution in [1.29, 1.82) is 0 Å². The number of carbonyl (C=O) groups excluding carboxylic acids is 1. The van der Waals surface area contributed by atoms with Crippen LogP contribution in [0.3, 0.4) is 0 Å². The Bertz CT molecular complexity index is 603. The zero-order valence-corrected chi connectivity index (χ0v) is 10.3. The van der Waals surface area contributed by atoms with Gasteiger partial charge in [-0.15, -0.1) is 11.3 Å². The number of alkyl halides is 3. The molecule has 2 rings (SSSR count). The Morgan fingerprint density at radius 3 is 2.47 bits per heavy atom. The molecular formula is C10H3Cl2F3OS. The van der Waals surface area contributed by atoms with Gasteiger partial charge in [0.15, 0.2) is 0 Å². The molecule has 0 N–H and O–H groups in total. The van der Waals surface area contributed by atoms with Gasteiger partial charge in [0, 0.05) is 10.1 Å². The van der Waals surface area contributed by atoms with Gasteiger partial charge < -0.3 is 0 Å². The Morgan fingerprint density at radius 1 is 1.29 bits per heavy atom. The topological polar surface area (TPSA) is 17.1 Å². The molecule has 0 saturated carbocycles. The summed E-state index contributed by atoms with van der Waals surface area (Å²) in [6.45, 7) is 0. The highest BCUT2D eigenvalue weighted by Gasteiger charge is 2.31. The van der Waals surface area contributed by atoms with E-state index in [2.05, 4.69) is 0 Å². The summed E-state index contributed by atoms with van der Waals surface area (Å²) < 4.78 is 37.7. The van der Waals surface area contributed by atoms with Gasteiger partial charge in [-0.3, -0.25) is 4.79 Å². The molecule has 0 spiro atoms. The fraction of sp³-hybridized carbons (Fsp3) is 0.100. The van der Waals surface area contributed by atoms with Crippen molar-refractivity contribution in [3.8, 4) is 0 Å². The lowest BCUT2D eigenvalue weighted by Gasteiger charge is -2.05. The number of fused-ring (bicyclic) bond motifs is 1. The molecule has 17 heavy (non-hydrogen) atoms. The maximum atomic E-state index is 12.5. The second kappa shape index (κ2) is 4.15. The molecule has 0 saturated heterocycles. The third-order valence-electron chi connectivity index (χ3n) is 2.14. The van der Waals surface area contributed by atoms with Crippen molar-refractivity contribution >= 4 is 49.9 Å². The molecule has 7 heteroatoms. The maximum Gasteiger partial charge on any atom is 0.416 e. The number of hydrogen-bond acceptors (Lipinski definition) is 2. The van der Waals surface area contributed by atoms with Gasteiger partial charge in [0.1, 0.15) is 4.88 Å². The Hall–Kier alpha value is -0.780. The molecule has 0 bridgehead atoms. The molecule has 0 atom stereocenters. The molecule has 0 radical (unpaired) electrons. The van der Waals surface area contributed by atoms with E-state index in [-0.39, 0.29) is 14.6 Å². The number of rotatable bonds is 1. The smallest absolute Gasteiger partial charge is 0.275 e. The van der Waals surface area contributed by atoms with Crippen LogP contribution in [0.15, 0.2) is 18.2 Å². The average Bonchev–Trinajstić information content (AvgIpc) is 2.54. The normalized spacial score (nSPS) is 12.1. The van der Waals surface area contributed by atoms with Gasteiger partial charge in [-0.25, -0.2) is 0 Å². The molecule has 1 nitrogen and oxygen atoms in total. The Balaban J connectivity index is 2.68. The molecule has 0 aliphatic rings. The fourth-order valence-corrected chi connectivity index (χ4v) is 3.01. The summed E-state index contributed by atoms with van der Waals surface area (Å²) in [5.41, 5.74) is -0.781. The maximum absolute atomic E-state index is 12.5. The highest BCUT2D eigenvalue weighted by molar-refractivity contribution is 7.23. The van der Waals surface area contributed by atoms with E-state index in [0.717, 1.165) is 23.5 Å². The highest BCUT2D eigenvalue weighted by Crippen LogP contribution is 2.39. The largest absolute Gasteiger partial charge is 0.416 e. The highest BCUT2D eigenvalue weighted by atomic mass is 35.5. The van der Waals surface area contributed by atoms with Crippen LogP contribution in [0.4, 0.5) is 13.2 Å². The molecule has 0 amide bonds. The zero-order chi connectivity index (χ0) is 12.8. The van der Waals surface area contributed by atoms with E-state index < -0.39 is 17.0 Å². The van der Waals surface area contributed by atoms with Crippen molar-refractivity contribution in [2.45, 2.75) is 6.18 Å². The number of halogens is 5. The fourth-order valence-electron chi connectivity index (χ4n) is 1.37. The summed E-state index contributed by atoms with van der Waals surface area (Å²) in [5.74, 6) is 0. The quantitative estimate of drug-likeness (QED) is 0.681. The minimum atomic E-state index is -4.42. The lowest BCUT2D eigenvalue weighted by atomic mass is 10.1. The van der Waals surface area contributed by atoms with Crippen LogP contribution in [0.5, 0.6) is 0 Å². The summed E-state index contributed by atoms with van der Waals surface area (Å²) in [6.07, 6.45) is -4.42. The lowest BCUT2D eigenvalue weighted by molar-refractivity contribution is -0.137. The van der Waals surface area contributed by atoms with Crippen molar-refractivity contribution < 1.29 is 18.0 Å². The molecule has 0 aliphatic carbocycles. The number of benzene rings is 1. The van der Waals surface area contributed by atoms with E-state index in [1.165, 1.54) is 6.07 Å². The molecule has 1 aromatic carbocycles. The number of thiophene rings is 1. The molecular weight excluding hydrogens is 296 g/mol. The molecule has 90 valence electrons. The van der Waals surface area contributed by atoms with Gasteiger partial charge in [-0.05, 0) is 23.7 Å². The van der Waals surface area contributed by atoms with E-state index in [1.807, 2.05) is 0 Å². The minimum absolute atomic E-state index is 0.0580. The van der Waals surface area contributed by atoms with Crippen LogP contribution in [0.2, 0.25) is 5.02 Å². The second-order valence-corrected chi connectivity index (χ2v) is 5.00. The first-order valence-corrected chi connectivity index (χ1v) is 5.87. The second-order valence-electron chi connectivity index (χ2n) is 3.23. The average molecular weight is 299 g/mol. The predicted octanol–water partition coefficient (Wildman–Crippen LogP) is 4.95. The summed E-state index contributed by atoms with van der Waals surface area (Å²) >= 11 is 12.0. The van der Waals surface area contributed by atoms with Crippen molar-refractivity contribution in [1.82, 2.24) is 0 Å². The van der Waals surface area contributed by atoms with Crippen LogP contribution >= 0.6 is 34.5 Å².